The van der Waals surface area contributed by atoms with E-state index in [1.165, 1.54) is 0 Å². The molecule has 3 aliphatic rings. The van der Waals surface area contributed by atoms with Crippen molar-refractivity contribution in [3.8, 4) is 22.0 Å². The number of fused-ring (bicyclic) bond motifs is 4. The summed E-state index contributed by atoms with van der Waals surface area (Å²) in [5.74, 6) is 0.260. The minimum Gasteiger partial charge on any atom is -0.481 e. The molecule has 52 heavy (non-hydrogen) atoms. The number of carboxylic acid groups (broad SMARTS) is 1. The molecule has 8 nitrogen and oxygen atoms in total. The standard InChI is InChI=1S/C42H35ClN6O2S/c43-34-24-44-40-38(46-34)31(25-49(40)42(28-11-4-1-5-12-28,29-13-6-2-7-14-29)30-15-8-3-9-16-30)39-45-32(33-17-10-22-52-33)23-35(48-39)47-37-27-20-18-26(19-21-27)36(37)41(50)51/h1-17,22-27,36-37H,18-21H2,(H,50,51)(H,45,47,48). The maximum atomic E-state index is 12.6. The Morgan fingerprint density at radius 2 is 1.42 bits per heavy atom. The van der Waals surface area contributed by atoms with Gasteiger partial charge in [0.05, 0.1) is 28.2 Å². The van der Waals surface area contributed by atoms with Gasteiger partial charge in [-0.2, -0.15) is 0 Å². The Morgan fingerprint density at radius 1 is 0.808 bits per heavy atom. The van der Waals surface area contributed by atoms with Gasteiger partial charge in [-0.05, 0) is 65.7 Å². The van der Waals surface area contributed by atoms with Gasteiger partial charge in [0, 0.05) is 18.3 Å². The second-order valence-corrected chi connectivity index (χ2v) is 15.1. The normalized spacial score (nSPS) is 19.9. The zero-order valence-corrected chi connectivity index (χ0v) is 29.7. The first-order valence-electron chi connectivity index (χ1n) is 17.6. The van der Waals surface area contributed by atoms with Gasteiger partial charge in [0.25, 0.3) is 0 Å². The Kier molecular flexibility index (Phi) is 8.32. The lowest BCUT2D eigenvalue weighted by molar-refractivity contribution is -0.148. The summed E-state index contributed by atoms with van der Waals surface area (Å²) >= 11 is 8.21. The van der Waals surface area contributed by atoms with Crippen LogP contribution in [0.3, 0.4) is 0 Å². The number of thiophene rings is 1. The molecule has 2 bridgehead atoms. The Labute approximate surface area is 310 Å². The lowest BCUT2D eigenvalue weighted by Gasteiger charge is -2.47. The van der Waals surface area contributed by atoms with Crippen molar-refractivity contribution < 1.29 is 9.90 Å². The van der Waals surface area contributed by atoms with Crippen LogP contribution in [0.15, 0.2) is 127 Å². The molecule has 4 aromatic heterocycles. The number of halogens is 1. The number of aliphatic carboxylic acids is 1. The summed E-state index contributed by atoms with van der Waals surface area (Å²) in [6.07, 6.45) is 7.58. The number of carbonyl (C=O) groups is 1. The van der Waals surface area contributed by atoms with Crippen LogP contribution in [0.1, 0.15) is 42.4 Å². The number of benzene rings is 3. The maximum absolute atomic E-state index is 12.6. The maximum Gasteiger partial charge on any atom is 0.308 e. The predicted octanol–water partition coefficient (Wildman–Crippen LogP) is 9.41. The second-order valence-electron chi connectivity index (χ2n) is 13.7. The lowest BCUT2D eigenvalue weighted by Crippen LogP contribution is -2.51. The van der Waals surface area contributed by atoms with E-state index in [4.69, 9.17) is 31.5 Å². The summed E-state index contributed by atoms with van der Waals surface area (Å²) in [6.45, 7) is 0. The molecule has 3 aliphatic carbocycles. The smallest absolute Gasteiger partial charge is 0.308 e. The molecule has 0 amide bonds. The van der Waals surface area contributed by atoms with Crippen molar-refractivity contribution in [2.45, 2.75) is 37.3 Å². The van der Waals surface area contributed by atoms with Crippen molar-refractivity contribution in [3.05, 3.63) is 149 Å². The fourth-order valence-corrected chi connectivity index (χ4v) is 9.54. The number of nitrogens with one attached hydrogen (secondary N) is 1. The van der Waals surface area contributed by atoms with Crippen LogP contribution in [0, 0.1) is 17.8 Å². The van der Waals surface area contributed by atoms with Crippen molar-refractivity contribution in [2.75, 3.05) is 5.32 Å². The number of aromatic nitrogens is 5. The van der Waals surface area contributed by atoms with Gasteiger partial charge in [-0.3, -0.25) is 4.79 Å². The van der Waals surface area contributed by atoms with Crippen LogP contribution in [0.5, 0.6) is 0 Å². The molecule has 10 heteroatoms. The average Bonchev–Trinajstić information content (AvgIpc) is 3.86. The van der Waals surface area contributed by atoms with E-state index in [9.17, 15) is 9.90 Å². The van der Waals surface area contributed by atoms with Crippen LogP contribution in [-0.2, 0) is 10.3 Å². The van der Waals surface area contributed by atoms with Crippen molar-refractivity contribution >= 4 is 45.9 Å². The minimum atomic E-state index is -0.870. The number of hydrogen-bond acceptors (Lipinski definition) is 7. The molecule has 2 atom stereocenters. The van der Waals surface area contributed by atoms with Crippen LogP contribution in [-0.4, -0.2) is 41.6 Å². The molecule has 10 rings (SSSR count). The summed E-state index contributed by atoms with van der Waals surface area (Å²) in [6, 6.07) is 37.0. The third-order valence-electron chi connectivity index (χ3n) is 11.0. The molecule has 0 saturated heterocycles. The van der Waals surface area contributed by atoms with E-state index in [2.05, 4.69) is 82.7 Å². The lowest BCUT2D eigenvalue weighted by atomic mass is 9.61. The summed E-state index contributed by atoms with van der Waals surface area (Å²) in [5.41, 5.74) is 4.83. The van der Waals surface area contributed by atoms with Gasteiger partial charge in [-0.1, -0.05) is 109 Å². The highest BCUT2D eigenvalue weighted by molar-refractivity contribution is 7.13. The van der Waals surface area contributed by atoms with Crippen molar-refractivity contribution in [2.24, 2.45) is 17.8 Å². The van der Waals surface area contributed by atoms with Gasteiger partial charge < -0.3 is 15.0 Å². The van der Waals surface area contributed by atoms with Gasteiger partial charge in [-0.15, -0.1) is 11.3 Å². The fourth-order valence-electron chi connectivity index (χ4n) is 8.72. The Bertz CT molecular complexity index is 2260. The van der Waals surface area contributed by atoms with E-state index in [0.29, 0.717) is 28.4 Å². The van der Waals surface area contributed by atoms with Crippen LogP contribution < -0.4 is 5.32 Å². The Morgan fingerprint density at radius 3 is 2.00 bits per heavy atom. The molecular formula is C42H35ClN6O2S. The van der Waals surface area contributed by atoms with Crippen molar-refractivity contribution in [1.29, 1.82) is 0 Å². The summed E-state index contributed by atoms with van der Waals surface area (Å²) in [5, 5.41) is 16.3. The largest absolute Gasteiger partial charge is 0.481 e. The fraction of sp³-hybridized carbons (Fsp3) is 0.214. The zero-order chi connectivity index (χ0) is 35.2. The first kappa shape index (κ1) is 32.5. The van der Waals surface area contributed by atoms with E-state index >= 15 is 0 Å². The molecule has 0 spiro atoms. The van der Waals surface area contributed by atoms with Gasteiger partial charge in [0.1, 0.15) is 22.0 Å². The highest BCUT2D eigenvalue weighted by atomic mass is 35.5. The summed E-state index contributed by atoms with van der Waals surface area (Å²) in [7, 11) is 0. The first-order chi connectivity index (χ1) is 25.5. The Balaban J connectivity index is 1.30. The highest BCUT2D eigenvalue weighted by Gasteiger charge is 2.47. The highest BCUT2D eigenvalue weighted by Crippen LogP contribution is 2.47. The number of anilines is 1. The predicted molar refractivity (Wildman–Crippen MR) is 205 cm³/mol. The molecular weight excluding hydrogens is 688 g/mol. The average molecular weight is 723 g/mol. The molecule has 4 heterocycles. The number of carboxylic acids is 1. The van der Waals surface area contributed by atoms with Gasteiger partial charge in [0.2, 0.25) is 0 Å². The monoisotopic (exact) mass is 722 g/mol. The van der Waals surface area contributed by atoms with Crippen LogP contribution in [0.4, 0.5) is 5.82 Å². The third kappa shape index (κ3) is 5.47. The molecule has 258 valence electrons. The summed E-state index contributed by atoms with van der Waals surface area (Å²) < 4.78 is 2.18. The van der Waals surface area contributed by atoms with Crippen LogP contribution >= 0.6 is 22.9 Å². The molecule has 0 aliphatic heterocycles. The number of nitrogens with zero attached hydrogens (tertiary/aromatic N) is 5. The molecule has 3 aromatic carbocycles. The first-order valence-corrected chi connectivity index (χ1v) is 18.9. The molecule has 0 radical (unpaired) electrons. The number of hydrogen-bond donors (Lipinski definition) is 2. The quantitative estimate of drug-likeness (QED) is 0.143. The number of rotatable bonds is 9. The third-order valence-corrected chi connectivity index (χ3v) is 12.0. The van der Waals surface area contributed by atoms with E-state index in [-0.39, 0.29) is 23.0 Å². The van der Waals surface area contributed by atoms with E-state index in [1.807, 2.05) is 48.0 Å². The molecule has 2 unspecified atom stereocenters. The van der Waals surface area contributed by atoms with Crippen LogP contribution in [0.25, 0.3) is 33.1 Å². The SMILES string of the molecule is O=C(O)C1C2CCC(CC2)C1Nc1cc(-c2cccs2)nc(-c2cn(C(c3ccccc3)(c3ccccc3)c3ccccc3)c3ncc(Cl)nc23)n1. The van der Waals surface area contributed by atoms with Crippen LogP contribution in [0.2, 0.25) is 5.15 Å². The van der Waals surface area contributed by atoms with Crippen molar-refractivity contribution in [1.82, 2.24) is 24.5 Å². The topological polar surface area (TPSA) is 106 Å². The second kappa shape index (κ2) is 13.3. The minimum absolute atomic E-state index is 0.163. The Hall–Kier alpha value is -5.38. The van der Waals surface area contributed by atoms with Crippen molar-refractivity contribution in [3.63, 3.8) is 0 Å². The van der Waals surface area contributed by atoms with E-state index in [0.717, 1.165) is 52.9 Å². The molecule has 3 saturated carbocycles. The van der Waals surface area contributed by atoms with E-state index in [1.54, 1.807) is 17.5 Å². The molecule has 2 N–H and O–H groups in total. The van der Waals surface area contributed by atoms with Gasteiger partial charge in [0.15, 0.2) is 11.5 Å². The molecule has 7 aromatic rings. The van der Waals surface area contributed by atoms with Gasteiger partial charge >= 0.3 is 5.97 Å². The summed E-state index contributed by atoms with van der Waals surface area (Å²) in [4.78, 5) is 33.7. The zero-order valence-electron chi connectivity index (χ0n) is 28.1. The molecule has 3 fully saturated rings. The van der Waals surface area contributed by atoms with Gasteiger partial charge in [-0.25, -0.2) is 19.9 Å². The van der Waals surface area contributed by atoms with E-state index < -0.39 is 17.4 Å².